The first kappa shape index (κ1) is 15.7. The highest BCUT2D eigenvalue weighted by atomic mass is 35.5. The Bertz CT molecular complexity index is 707. The lowest BCUT2D eigenvalue weighted by atomic mass is 10.1. The molecule has 0 spiro atoms. The van der Waals surface area contributed by atoms with Crippen LogP contribution < -0.4 is 10.9 Å². The van der Waals surface area contributed by atoms with Crippen LogP contribution in [0, 0.1) is 5.82 Å². The molecule has 0 fully saturated rings. The van der Waals surface area contributed by atoms with Crippen LogP contribution in [0.3, 0.4) is 0 Å². The van der Waals surface area contributed by atoms with E-state index in [1.165, 1.54) is 24.3 Å². The first-order valence-corrected chi connectivity index (χ1v) is 6.93. The van der Waals surface area contributed by atoms with E-state index in [-0.39, 0.29) is 16.1 Å². The van der Waals surface area contributed by atoms with Crippen LogP contribution >= 0.6 is 11.6 Å². The van der Waals surface area contributed by atoms with Gasteiger partial charge in [0.05, 0.1) is 10.7 Å². The number of nitrogens with one attached hydrogen (secondary N) is 2. The van der Waals surface area contributed by atoms with Gasteiger partial charge in [0.15, 0.2) is 0 Å². The molecular formula is C15H17ClFN3O. The molecule has 1 aromatic carbocycles. The second-order valence-electron chi connectivity index (χ2n) is 5.82. The predicted molar refractivity (Wildman–Crippen MR) is 81.9 cm³/mol. The fourth-order valence-corrected chi connectivity index (χ4v) is 1.91. The minimum atomic E-state index is -0.506. The van der Waals surface area contributed by atoms with Gasteiger partial charge in [-0.2, -0.15) is 0 Å². The molecule has 2 aromatic rings. The number of halogens is 2. The van der Waals surface area contributed by atoms with Gasteiger partial charge >= 0.3 is 0 Å². The standard InChI is InChI=1S/C15H17ClFN3O/c1-15(2,3)18-8-10-7-13(21)20-14(19-10)9-4-5-12(17)11(16)6-9/h4-7,18H,8H2,1-3H3,(H,19,20,21). The molecule has 4 nitrogen and oxygen atoms in total. The first-order chi connectivity index (χ1) is 9.74. The van der Waals surface area contributed by atoms with Crippen molar-refractivity contribution in [3.8, 4) is 11.4 Å². The van der Waals surface area contributed by atoms with Gasteiger partial charge in [-0.15, -0.1) is 0 Å². The van der Waals surface area contributed by atoms with E-state index >= 15 is 0 Å². The Morgan fingerprint density at radius 3 is 2.67 bits per heavy atom. The van der Waals surface area contributed by atoms with Crippen molar-refractivity contribution >= 4 is 11.6 Å². The minimum Gasteiger partial charge on any atom is -0.307 e. The molecule has 0 aliphatic carbocycles. The zero-order valence-electron chi connectivity index (χ0n) is 12.1. The molecule has 1 aromatic heterocycles. The van der Waals surface area contributed by atoms with E-state index < -0.39 is 5.82 Å². The summed E-state index contributed by atoms with van der Waals surface area (Å²) in [6, 6.07) is 5.65. The maximum Gasteiger partial charge on any atom is 0.251 e. The van der Waals surface area contributed by atoms with E-state index in [4.69, 9.17) is 11.6 Å². The monoisotopic (exact) mass is 309 g/mol. The van der Waals surface area contributed by atoms with Crippen LogP contribution in [0.25, 0.3) is 11.4 Å². The largest absolute Gasteiger partial charge is 0.307 e. The summed E-state index contributed by atoms with van der Waals surface area (Å²) < 4.78 is 13.2. The van der Waals surface area contributed by atoms with E-state index in [9.17, 15) is 9.18 Å². The molecule has 0 radical (unpaired) electrons. The Balaban J connectivity index is 2.34. The lowest BCUT2D eigenvalue weighted by Gasteiger charge is -2.20. The maximum absolute atomic E-state index is 13.2. The molecule has 0 amide bonds. The quantitative estimate of drug-likeness (QED) is 0.916. The van der Waals surface area contributed by atoms with E-state index in [1.54, 1.807) is 0 Å². The minimum absolute atomic E-state index is 0.00614. The number of benzene rings is 1. The van der Waals surface area contributed by atoms with Crippen LogP contribution in [-0.2, 0) is 6.54 Å². The van der Waals surface area contributed by atoms with Gasteiger partial charge in [-0.05, 0) is 39.0 Å². The van der Waals surface area contributed by atoms with Gasteiger partial charge in [-0.25, -0.2) is 9.37 Å². The number of aromatic amines is 1. The molecule has 0 unspecified atom stereocenters. The van der Waals surface area contributed by atoms with Crippen molar-refractivity contribution in [2.75, 3.05) is 0 Å². The Morgan fingerprint density at radius 2 is 2.05 bits per heavy atom. The van der Waals surface area contributed by atoms with Crippen molar-refractivity contribution in [2.24, 2.45) is 0 Å². The third-order valence-electron chi connectivity index (χ3n) is 2.79. The first-order valence-electron chi connectivity index (χ1n) is 6.55. The third-order valence-corrected chi connectivity index (χ3v) is 3.08. The van der Waals surface area contributed by atoms with Crippen molar-refractivity contribution in [1.29, 1.82) is 0 Å². The van der Waals surface area contributed by atoms with E-state index in [0.717, 1.165) is 0 Å². The number of H-pyrrole nitrogens is 1. The molecule has 0 atom stereocenters. The summed E-state index contributed by atoms with van der Waals surface area (Å²) >= 11 is 5.76. The smallest absolute Gasteiger partial charge is 0.251 e. The number of nitrogens with zero attached hydrogens (tertiary/aromatic N) is 1. The predicted octanol–water partition coefficient (Wildman–Crippen LogP) is 3.12. The Labute approximate surface area is 127 Å². The summed E-state index contributed by atoms with van der Waals surface area (Å²) in [6.45, 7) is 6.55. The van der Waals surface area contributed by atoms with E-state index in [2.05, 4.69) is 15.3 Å². The summed E-state index contributed by atoms with van der Waals surface area (Å²) in [6.07, 6.45) is 0. The fourth-order valence-electron chi connectivity index (χ4n) is 1.73. The maximum atomic E-state index is 13.2. The molecule has 0 aliphatic rings. The Hall–Kier alpha value is -1.72. The molecule has 2 rings (SSSR count). The van der Waals surface area contributed by atoms with Crippen LogP contribution in [0.2, 0.25) is 5.02 Å². The Morgan fingerprint density at radius 1 is 1.33 bits per heavy atom. The number of hydrogen-bond donors (Lipinski definition) is 2. The van der Waals surface area contributed by atoms with Crippen LogP contribution in [0.5, 0.6) is 0 Å². The van der Waals surface area contributed by atoms with E-state index in [0.29, 0.717) is 23.6 Å². The number of rotatable bonds is 3. The van der Waals surface area contributed by atoms with Gasteiger partial charge in [0.2, 0.25) is 0 Å². The van der Waals surface area contributed by atoms with Gasteiger partial charge in [0, 0.05) is 23.7 Å². The highest BCUT2D eigenvalue weighted by Crippen LogP contribution is 2.21. The molecule has 0 bridgehead atoms. The molecular weight excluding hydrogens is 293 g/mol. The average molecular weight is 310 g/mol. The third kappa shape index (κ3) is 4.37. The SMILES string of the molecule is CC(C)(C)NCc1cc(=O)[nH]c(-c2ccc(F)c(Cl)c2)n1. The van der Waals surface area contributed by atoms with Crippen LogP contribution in [0.15, 0.2) is 29.1 Å². The zero-order chi connectivity index (χ0) is 15.6. The van der Waals surface area contributed by atoms with Crippen molar-refractivity contribution in [1.82, 2.24) is 15.3 Å². The summed E-state index contributed by atoms with van der Waals surface area (Å²) in [4.78, 5) is 18.7. The molecule has 0 saturated heterocycles. The van der Waals surface area contributed by atoms with Crippen molar-refractivity contribution in [3.63, 3.8) is 0 Å². The summed E-state index contributed by atoms with van der Waals surface area (Å²) in [5.74, 6) is -0.136. The number of hydrogen-bond acceptors (Lipinski definition) is 3. The van der Waals surface area contributed by atoms with Crippen LogP contribution in [-0.4, -0.2) is 15.5 Å². The molecule has 21 heavy (non-hydrogen) atoms. The summed E-state index contributed by atoms with van der Waals surface area (Å²) in [5, 5.41) is 3.26. The van der Waals surface area contributed by atoms with Crippen molar-refractivity contribution < 1.29 is 4.39 Å². The lowest BCUT2D eigenvalue weighted by molar-refractivity contribution is 0.421. The van der Waals surface area contributed by atoms with Crippen molar-refractivity contribution in [3.05, 3.63) is 51.2 Å². The topological polar surface area (TPSA) is 57.8 Å². The van der Waals surface area contributed by atoms with Gasteiger partial charge in [-0.3, -0.25) is 4.79 Å². The zero-order valence-corrected chi connectivity index (χ0v) is 12.9. The molecule has 0 saturated carbocycles. The molecule has 0 aliphatic heterocycles. The van der Waals surface area contributed by atoms with Crippen LogP contribution in [0.1, 0.15) is 26.5 Å². The molecule has 112 valence electrons. The highest BCUT2D eigenvalue weighted by Gasteiger charge is 2.11. The summed E-state index contributed by atoms with van der Waals surface area (Å²) in [7, 11) is 0. The van der Waals surface area contributed by atoms with Gasteiger partial charge in [0.1, 0.15) is 11.6 Å². The normalized spacial score (nSPS) is 11.7. The van der Waals surface area contributed by atoms with Gasteiger partial charge in [-0.1, -0.05) is 11.6 Å². The lowest BCUT2D eigenvalue weighted by Crippen LogP contribution is -2.35. The average Bonchev–Trinajstić information content (AvgIpc) is 2.38. The second kappa shape index (κ2) is 5.95. The fraction of sp³-hybridized carbons (Fsp3) is 0.333. The van der Waals surface area contributed by atoms with Crippen LogP contribution in [0.4, 0.5) is 4.39 Å². The molecule has 2 N–H and O–H groups in total. The van der Waals surface area contributed by atoms with Gasteiger partial charge in [0.25, 0.3) is 5.56 Å². The molecule has 6 heteroatoms. The van der Waals surface area contributed by atoms with E-state index in [1.807, 2.05) is 20.8 Å². The number of aromatic nitrogens is 2. The second-order valence-corrected chi connectivity index (χ2v) is 6.22. The summed E-state index contributed by atoms with van der Waals surface area (Å²) in [5.41, 5.74) is 0.843. The Kier molecular flexibility index (Phi) is 4.44. The highest BCUT2D eigenvalue weighted by molar-refractivity contribution is 6.31. The molecule has 1 heterocycles. The van der Waals surface area contributed by atoms with Crippen molar-refractivity contribution in [2.45, 2.75) is 32.9 Å². The van der Waals surface area contributed by atoms with Gasteiger partial charge < -0.3 is 10.3 Å².